The fourth-order valence-electron chi connectivity index (χ4n) is 4.04. The second kappa shape index (κ2) is 10.7. The van der Waals surface area contributed by atoms with Crippen LogP contribution in [0.3, 0.4) is 0 Å². The van der Waals surface area contributed by atoms with Crippen molar-refractivity contribution in [3.05, 3.63) is 117 Å². The minimum absolute atomic E-state index is 0.110. The molecule has 0 saturated heterocycles. The number of rotatable bonds is 8. The third-order valence-corrected chi connectivity index (χ3v) is 6.07. The van der Waals surface area contributed by atoms with Crippen LogP contribution < -0.4 is 10.3 Å². The summed E-state index contributed by atoms with van der Waals surface area (Å²) < 4.78 is 21.3. The number of nitrogens with zero attached hydrogens (tertiary/aromatic N) is 4. The highest BCUT2D eigenvalue weighted by atomic mass is 35.5. The lowest BCUT2D eigenvalue weighted by atomic mass is 10.0. The van der Waals surface area contributed by atoms with Crippen molar-refractivity contribution in [2.24, 2.45) is 0 Å². The predicted octanol–water partition coefficient (Wildman–Crippen LogP) is 5.61. The first-order chi connectivity index (χ1) is 17.3. The van der Waals surface area contributed by atoms with Gasteiger partial charge in [-0.25, -0.2) is 9.37 Å². The number of pyridine rings is 3. The largest absolute Gasteiger partial charge is 0.487 e. The van der Waals surface area contributed by atoms with Crippen LogP contribution in [0, 0.1) is 12.7 Å². The molecule has 0 aliphatic carbocycles. The van der Waals surface area contributed by atoms with Crippen LogP contribution in [-0.2, 0) is 13.2 Å². The number of allylic oxidation sites excluding steroid dienone is 2. The summed E-state index contributed by atoms with van der Waals surface area (Å²) in [5, 5.41) is 1.33. The highest BCUT2D eigenvalue weighted by Crippen LogP contribution is 2.32. The second-order valence-electron chi connectivity index (χ2n) is 8.48. The topological polar surface area (TPSA) is 60.3 Å². The van der Waals surface area contributed by atoms with E-state index >= 15 is 0 Å². The summed E-state index contributed by atoms with van der Waals surface area (Å²) in [5.41, 5.74) is 4.18. The van der Waals surface area contributed by atoms with Crippen LogP contribution in [0.15, 0.2) is 78.5 Å². The SMILES string of the molecule is C=C/C=C(/c1cc(C)nc2c(OCc3c(Cl)cncc3Cn3cccc(F)c3=O)cccc12)N(C)C. The Morgan fingerprint density at radius 2 is 2.06 bits per heavy atom. The normalized spacial score (nSPS) is 11.5. The highest BCUT2D eigenvalue weighted by Gasteiger charge is 2.16. The van der Waals surface area contributed by atoms with Crippen LogP contribution in [0.1, 0.15) is 22.4 Å². The van der Waals surface area contributed by atoms with Gasteiger partial charge in [-0.2, -0.15) is 0 Å². The van der Waals surface area contributed by atoms with Gasteiger partial charge in [-0.1, -0.05) is 36.4 Å². The van der Waals surface area contributed by atoms with Gasteiger partial charge in [0, 0.05) is 60.6 Å². The van der Waals surface area contributed by atoms with Crippen LogP contribution in [0.25, 0.3) is 16.6 Å². The maximum atomic E-state index is 13.8. The van der Waals surface area contributed by atoms with E-state index in [2.05, 4.69) is 11.6 Å². The fraction of sp³-hybridized carbons (Fsp3) is 0.179. The van der Waals surface area contributed by atoms with Gasteiger partial charge in [0.1, 0.15) is 17.9 Å². The first-order valence-electron chi connectivity index (χ1n) is 11.3. The van der Waals surface area contributed by atoms with Crippen molar-refractivity contribution < 1.29 is 9.13 Å². The van der Waals surface area contributed by atoms with E-state index in [9.17, 15) is 9.18 Å². The van der Waals surface area contributed by atoms with Gasteiger partial charge in [0.15, 0.2) is 5.82 Å². The number of halogens is 2. The third-order valence-electron chi connectivity index (χ3n) is 5.74. The first kappa shape index (κ1) is 25.1. The van der Waals surface area contributed by atoms with Gasteiger partial charge >= 0.3 is 0 Å². The number of para-hydroxylation sites is 1. The molecule has 3 aromatic heterocycles. The molecule has 184 valence electrons. The van der Waals surface area contributed by atoms with Gasteiger partial charge in [-0.3, -0.25) is 9.78 Å². The van der Waals surface area contributed by atoms with Crippen molar-refractivity contribution in [2.75, 3.05) is 14.1 Å². The van der Waals surface area contributed by atoms with Crippen molar-refractivity contribution in [1.82, 2.24) is 19.4 Å². The van der Waals surface area contributed by atoms with E-state index in [0.717, 1.165) is 33.9 Å². The summed E-state index contributed by atoms with van der Waals surface area (Å²) in [6.07, 6.45) is 8.36. The second-order valence-corrected chi connectivity index (χ2v) is 8.89. The molecular weight excluding hydrogens is 479 g/mol. The molecule has 0 spiro atoms. The molecule has 1 aromatic carbocycles. The summed E-state index contributed by atoms with van der Waals surface area (Å²) in [6, 6.07) is 10.4. The molecule has 4 rings (SSSR count). The minimum Gasteiger partial charge on any atom is -0.487 e. The molecule has 8 heteroatoms. The quantitative estimate of drug-likeness (QED) is 0.292. The molecular formula is C28H26ClFN4O2. The van der Waals surface area contributed by atoms with Crippen LogP contribution in [0.5, 0.6) is 5.75 Å². The fourth-order valence-corrected chi connectivity index (χ4v) is 4.27. The van der Waals surface area contributed by atoms with Gasteiger partial charge in [-0.15, -0.1) is 0 Å². The number of ether oxygens (including phenoxy) is 1. The molecule has 0 atom stereocenters. The van der Waals surface area contributed by atoms with Crippen molar-refractivity contribution in [2.45, 2.75) is 20.1 Å². The lowest BCUT2D eigenvalue weighted by Gasteiger charge is -2.20. The Bertz CT molecular complexity index is 1530. The van der Waals surface area contributed by atoms with E-state index in [-0.39, 0.29) is 13.2 Å². The van der Waals surface area contributed by atoms with Gasteiger partial charge in [-0.05, 0) is 42.8 Å². The Labute approximate surface area is 214 Å². The molecule has 0 bridgehead atoms. The zero-order chi connectivity index (χ0) is 25.8. The Balaban J connectivity index is 1.72. The van der Waals surface area contributed by atoms with Crippen LogP contribution >= 0.6 is 11.6 Å². The molecule has 6 nitrogen and oxygen atoms in total. The summed E-state index contributed by atoms with van der Waals surface area (Å²) in [7, 11) is 3.96. The predicted molar refractivity (Wildman–Crippen MR) is 142 cm³/mol. The number of aromatic nitrogens is 3. The van der Waals surface area contributed by atoms with E-state index in [4.69, 9.17) is 21.3 Å². The van der Waals surface area contributed by atoms with Gasteiger partial charge in [0.05, 0.1) is 11.6 Å². The van der Waals surface area contributed by atoms with Crippen molar-refractivity contribution in [3.8, 4) is 5.75 Å². The summed E-state index contributed by atoms with van der Waals surface area (Å²) >= 11 is 6.47. The lowest BCUT2D eigenvalue weighted by Crippen LogP contribution is -2.23. The number of benzene rings is 1. The standard InChI is InChI=1S/C28H26ClFN4O2/c1-5-8-25(33(3)4)21-13-18(2)32-27-20(21)9-6-11-26(27)36-17-22-19(14-31-15-23(22)29)16-34-12-7-10-24(30)28(34)35/h5-15H,1,16-17H2,2-4H3/b25-8-. The van der Waals surface area contributed by atoms with Crippen LogP contribution in [0.2, 0.25) is 5.02 Å². The maximum Gasteiger partial charge on any atom is 0.286 e. The van der Waals surface area contributed by atoms with Crippen molar-refractivity contribution in [3.63, 3.8) is 0 Å². The van der Waals surface area contributed by atoms with Gasteiger partial charge in [0.2, 0.25) is 0 Å². The number of hydrogen-bond acceptors (Lipinski definition) is 5. The summed E-state index contributed by atoms with van der Waals surface area (Å²) in [6.45, 7) is 6.01. The van der Waals surface area contributed by atoms with E-state index in [1.807, 2.05) is 56.3 Å². The summed E-state index contributed by atoms with van der Waals surface area (Å²) in [5.74, 6) is -0.225. The molecule has 0 aliphatic heterocycles. The molecule has 0 fully saturated rings. The number of fused-ring (bicyclic) bond motifs is 1. The van der Waals surface area contributed by atoms with E-state index in [1.165, 1.54) is 23.0 Å². The number of hydrogen-bond donors (Lipinski definition) is 0. The van der Waals surface area contributed by atoms with Crippen molar-refractivity contribution in [1.29, 1.82) is 0 Å². The zero-order valence-corrected chi connectivity index (χ0v) is 21.1. The Morgan fingerprint density at radius 1 is 1.25 bits per heavy atom. The molecule has 0 radical (unpaired) electrons. The highest BCUT2D eigenvalue weighted by molar-refractivity contribution is 6.31. The monoisotopic (exact) mass is 504 g/mol. The maximum absolute atomic E-state index is 13.8. The molecule has 0 N–H and O–H groups in total. The smallest absolute Gasteiger partial charge is 0.286 e. The Hall–Kier alpha value is -3.97. The average molecular weight is 505 g/mol. The lowest BCUT2D eigenvalue weighted by molar-refractivity contribution is 0.307. The number of aryl methyl sites for hydroxylation is 1. The molecule has 0 saturated carbocycles. The average Bonchev–Trinajstić information content (AvgIpc) is 2.84. The molecule has 0 unspecified atom stereocenters. The third kappa shape index (κ3) is 5.16. The Kier molecular flexibility index (Phi) is 7.50. The van der Waals surface area contributed by atoms with Crippen LogP contribution in [-0.4, -0.2) is 33.5 Å². The van der Waals surface area contributed by atoms with Crippen LogP contribution in [0.4, 0.5) is 4.39 Å². The molecule has 4 aromatic rings. The molecule has 0 amide bonds. The Morgan fingerprint density at radius 3 is 2.81 bits per heavy atom. The first-order valence-corrected chi connectivity index (χ1v) is 11.7. The summed E-state index contributed by atoms with van der Waals surface area (Å²) in [4.78, 5) is 23.1. The zero-order valence-electron chi connectivity index (χ0n) is 20.3. The molecule has 36 heavy (non-hydrogen) atoms. The van der Waals surface area contributed by atoms with E-state index in [1.54, 1.807) is 12.3 Å². The minimum atomic E-state index is -0.819. The molecule has 0 aliphatic rings. The van der Waals surface area contributed by atoms with E-state index in [0.29, 0.717) is 21.9 Å². The molecule has 3 heterocycles. The van der Waals surface area contributed by atoms with Gasteiger partial charge in [0.25, 0.3) is 5.56 Å². The van der Waals surface area contributed by atoms with Gasteiger partial charge < -0.3 is 14.2 Å². The van der Waals surface area contributed by atoms with Crippen molar-refractivity contribution >= 4 is 28.2 Å². The van der Waals surface area contributed by atoms with E-state index < -0.39 is 11.4 Å².